The number of hydroxylamine groups is 1. The first kappa shape index (κ1) is 17.1. The van der Waals surface area contributed by atoms with E-state index in [4.69, 9.17) is 23.7 Å². The number of unbranched alkanes of at least 4 members (excludes halogenated alkanes) is 1. The van der Waals surface area contributed by atoms with Crippen LogP contribution in [0.4, 0.5) is 0 Å². The van der Waals surface area contributed by atoms with Crippen molar-refractivity contribution in [3.05, 3.63) is 5.21 Å². The van der Waals surface area contributed by atoms with Crippen LogP contribution in [0.25, 0.3) is 0 Å². The molecule has 3 aliphatic heterocycles. The zero-order valence-corrected chi connectivity index (χ0v) is 14.5. The molecule has 132 valence electrons. The van der Waals surface area contributed by atoms with Gasteiger partial charge in [0, 0.05) is 6.42 Å². The highest BCUT2D eigenvalue weighted by atomic mass is 16.9. The van der Waals surface area contributed by atoms with Crippen LogP contribution in [0.15, 0.2) is 0 Å². The Morgan fingerprint density at radius 1 is 1.13 bits per heavy atom. The van der Waals surface area contributed by atoms with Gasteiger partial charge in [-0.1, -0.05) is 13.3 Å². The van der Waals surface area contributed by atoms with Gasteiger partial charge in [0.25, 0.3) is 5.79 Å². The van der Waals surface area contributed by atoms with Crippen LogP contribution in [0.5, 0.6) is 0 Å². The van der Waals surface area contributed by atoms with Gasteiger partial charge in [-0.05, 0) is 27.7 Å². The van der Waals surface area contributed by atoms with Crippen molar-refractivity contribution in [2.24, 2.45) is 0 Å². The van der Waals surface area contributed by atoms with Crippen LogP contribution in [0.3, 0.4) is 0 Å². The number of fused-ring (bicyclic) bond motifs is 3. The largest absolute Gasteiger partial charge is 0.624 e. The second-order valence-corrected chi connectivity index (χ2v) is 7.33. The first-order valence-corrected chi connectivity index (χ1v) is 8.34. The van der Waals surface area contributed by atoms with E-state index < -0.39 is 23.5 Å². The van der Waals surface area contributed by atoms with Crippen molar-refractivity contribution in [2.45, 2.75) is 83.1 Å². The van der Waals surface area contributed by atoms with Crippen LogP contribution >= 0.6 is 0 Å². The molecule has 0 bridgehead atoms. The van der Waals surface area contributed by atoms with Crippen molar-refractivity contribution in [1.29, 1.82) is 0 Å². The van der Waals surface area contributed by atoms with Gasteiger partial charge in [-0.25, -0.2) is 4.74 Å². The molecule has 0 N–H and O–H groups in total. The lowest BCUT2D eigenvalue weighted by Gasteiger charge is -2.38. The molecule has 0 saturated carbocycles. The molecule has 3 fully saturated rings. The third-order valence-corrected chi connectivity index (χ3v) is 4.28. The van der Waals surface area contributed by atoms with Crippen molar-refractivity contribution >= 4 is 6.21 Å². The highest BCUT2D eigenvalue weighted by molar-refractivity contribution is 5.65. The molecule has 0 aromatic heterocycles. The van der Waals surface area contributed by atoms with E-state index >= 15 is 0 Å². The van der Waals surface area contributed by atoms with Gasteiger partial charge in [0.1, 0.15) is 12.2 Å². The minimum atomic E-state index is -1.22. The van der Waals surface area contributed by atoms with Gasteiger partial charge in [-0.3, -0.25) is 0 Å². The van der Waals surface area contributed by atoms with E-state index in [0.717, 1.165) is 17.6 Å². The molecule has 0 aliphatic carbocycles. The van der Waals surface area contributed by atoms with Crippen molar-refractivity contribution in [3.8, 4) is 0 Å². The SMILES string of the molecule is CCCC/[N+]([O-])=C/[C@@]12O[C@H]3COC(C)(C)O[C@H]3[C@@H]1OC(C)(C)O2. The number of rotatable bonds is 4. The maximum Gasteiger partial charge on any atom is 0.281 e. The lowest BCUT2D eigenvalue weighted by Crippen LogP contribution is -2.51. The van der Waals surface area contributed by atoms with E-state index in [9.17, 15) is 5.21 Å². The molecule has 0 spiro atoms. The Morgan fingerprint density at radius 2 is 1.87 bits per heavy atom. The summed E-state index contributed by atoms with van der Waals surface area (Å²) < 4.78 is 30.6. The van der Waals surface area contributed by atoms with Crippen molar-refractivity contribution in [2.75, 3.05) is 13.2 Å². The highest BCUT2D eigenvalue weighted by Crippen LogP contribution is 2.48. The van der Waals surface area contributed by atoms with E-state index in [1.807, 2.05) is 34.6 Å². The van der Waals surface area contributed by atoms with Gasteiger partial charge < -0.3 is 28.9 Å². The van der Waals surface area contributed by atoms with E-state index in [1.54, 1.807) is 0 Å². The predicted molar refractivity (Wildman–Crippen MR) is 82.0 cm³/mol. The molecule has 0 unspecified atom stereocenters. The fourth-order valence-electron chi connectivity index (χ4n) is 3.36. The molecule has 0 aromatic carbocycles. The van der Waals surface area contributed by atoms with Gasteiger partial charge in [0.05, 0.1) is 6.61 Å². The lowest BCUT2D eigenvalue weighted by molar-refractivity contribution is -0.462. The van der Waals surface area contributed by atoms with Gasteiger partial charge in [-0.2, -0.15) is 0 Å². The average Bonchev–Trinajstić information content (AvgIpc) is 2.83. The highest BCUT2D eigenvalue weighted by Gasteiger charge is 2.68. The Balaban J connectivity index is 1.87. The maximum absolute atomic E-state index is 12.2. The second-order valence-electron chi connectivity index (χ2n) is 7.33. The number of ether oxygens (including phenoxy) is 5. The molecule has 7 nitrogen and oxygen atoms in total. The summed E-state index contributed by atoms with van der Waals surface area (Å²) in [6, 6.07) is 0. The summed E-state index contributed by atoms with van der Waals surface area (Å²) in [5.41, 5.74) is 0. The first-order chi connectivity index (χ1) is 10.7. The fourth-order valence-corrected chi connectivity index (χ4v) is 3.36. The monoisotopic (exact) mass is 329 g/mol. The molecule has 7 heteroatoms. The molecular formula is C16H27NO6. The molecule has 3 saturated heterocycles. The molecular weight excluding hydrogens is 302 g/mol. The normalized spacial score (nSPS) is 41.6. The lowest BCUT2D eigenvalue weighted by atomic mass is 10.0. The number of hydrogen-bond donors (Lipinski definition) is 0. The molecule has 3 aliphatic rings. The van der Waals surface area contributed by atoms with E-state index in [0.29, 0.717) is 13.2 Å². The summed E-state index contributed by atoms with van der Waals surface area (Å²) in [5, 5.41) is 12.2. The summed E-state index contributed by atoms with van der Waals surface area (Å²) >= 11 is 0. The topological polar surface area (TPSA) is 72.2 Å². The summed E-state index contributed by atoms with van der Waals surface area (Å²) in [7, 11) is 0. The van der Waals surface area contributed by atoms with Crippen LogP contribution in [-0.2, 0) is 23.7 Å². The molecule has 4 atom stereocenters. The minimum Gasteiger partial charge on any atom is -0.624 e. The Hall–Kier alpha value is -0.730. The first-order valence-electron chi connectivity index (χ1n) is 8.34. The standard InChI is InChI=1S/C16H27NO6/c1-6-7-8-17(18)10-16-13(22-15(4,5)23-16)12-11(20-16)9-19-14(2,3)21-12/h10-13H,6-9H2,1-5H3/b17-10-/t11-,12+,13-,16-/m0/s1. The Labute approximate surface area is 137 Å². The summed E-state index contributed by atoms with van der Waals surface area (Å²) in [6.45, 7) is 10.2. The molecule has 0 aromatic rings. The molecule has 23 heavy (non-hydrogen) atoms. The van der Waals surface area contributed by atoms with Gasteiger partial charge in [0.2, 0.25) is 6.21 Å². The van der Waals surface area contributed by atoms with Gasteiger partial charge in [0.15, 0.2) is 24.2 Å². The smallest absolute Gasteiger partial charge is 0.281 e. The predicted octanol–water partition coefficient (Wildman–Crippen LogP) is 1.77. The summed E-state index contributed by atoms with van der Waals surface area (Å²) in [5.74, 6) is -2.78. The van der Waals surface area contributed by atoms with E-state index in [1.165, 1.54) is 6.21 Å². The van der Waals surface area contributed by atoms with Gasteiger partial charge >= 0.3 is 0 Å². The molecule has 3 heterocycles. The third kappa shape index (κ3) is 3.25. The number of hydrogen-bond acceptors (Lipinski definition) is 6. The number of nitrogens with zero attached hydrogens (tertiary/aromatic N) is 1. The average molecular weight is 329 g/mol. The molecule has 3 rings (SSSR count). The van der Waals surface area contributed by atoms with Crippen LogP contribution in [-0.4, -0.2) is 59.8 Å². The Kier molecular flexibility index (Phi) is 4.21. The van der Waals surface area contributed by atoms with Crippen molar-refractivity contribution in [1.82, 2.24) is 0 Å². The van der Waals surface area contributed by atoms with Crippen LogP contribution in [0.1, 0.15) is 47.5 Å². The molecule has 0 amide bonds. The van der Waals surface area contributed by atoms with Gasteiger partial charge in [-0.15, -0.1) is 0 Å². The zero-order valence-electron chi connectivity index (χ0n) is 14.5. The zero-order chi connectivity index (χ0) is 16.9. The van der Waals surface area contributed by atoms with Crippen LogP contribution in [0, 0.1) is 5.21 Å². The summed E-state index contributed by atoms with van der Waals surface area (Å²) in [6.07, 6.45) is 2.06. The van der Waals surface area contributed by atoms with E-state index in [-0.39, 0.29) is 12.2 Å². The summed E-state index contributed by atoms with van der Waals surface area (Å²) in [4.78, 5) is 0. The van der Waals surface area contributed by atoms with E-state index in [2.05, 4.69) is 0 Å². The van der Waals surface area contributed by atoms with Crippen molar-refractivity contribution in [3.63, 3.8) is 0 Å². The van der Waals surface area contributed by atoms with Crippen LogP contribution < -0.4 is 0 Å². The van der Waals surface area contributed by atoms with Crippen LogP contribution in [0.2, 0.25) is 0 Å². The Bertz CT molecular complexity index is 491. The third-order valence-electron chi connectivity index (χ3n) is 4.28. The Morgan fingerprint density at radius 3 is 2.57 bits per heavy atom. The minimum absolute atomic E-state index is 0.319. The fraction of sp³-hybridized carbons (Fsp3) is 0.938. The second kappa shape index (κ2) is 5.67. The maximum atomic E-state index is 12.2. The quantitative estimate of drug-likeness (QED) is 0.339. The van der Waals surface area contributed by atoms with Crippen molar-refractivity contribution < 1.29 is 28.4 Å². The molecule has 0 radical (unpaired) electrons.